The number of pyridine rings is 2. The summed E-state index contributed by atoms with van der Waals surface area (Å²) >= 11 is 0. The fraction of sp³-hybridized carbons (Fsp3) is 0.286. The Hall–Kier alpha value is -1.94. The van der Waals surface area contributed by atoms with Gasteiger partial charge in [-0.25, -0.2) is 4.98 Å². The molecular weight excluding hydrogens is 228 g/mol. The van der Waals surface area contributed by atoms with E-state index >= 15 is 0 Å². The molecule has 1 unspecified atom stereocenters. The van der Waals surface area contributed by atoms with Gasteiger partial charge in [0.25, 0.3) is 0 Å². The molecule has 4 nitrogen and oxygen atoms in total. The van der Waals surface area contributed by atoms with Gasteiger partial charge < -0.3 is 9.84 Å². The second-order valence-corrected chi connectivity index (χ2v) is 4.41. The highest BCUT2D eigenvalue weighted by atomic mass is 16.5. The summed E-state index contributed by atoms with van der Waals surface area (Å²) in [6.45, 7) is 0. The molecule has 1 aliphatic rings. The van der Waals surface area contributed by atoms with Gasteiger partial charge in [0.2, 0.25) is 5.88 Å². The fourth-order valence-electron chi connectivity index (χ4n) is 2.28. The average molecular weight is 242 g/mol. The molecule has 0 spiro atoms. The topological polar surface area (TPSA) is 55.2 Å². The number of methoxy groups -OCH3 is 1. The molecule has 1 atom stereocenters. The standard InChI is InChI=1S/C14H14N2O2/c1-18-13-5-3-10(7-15-13)11-6-9-2-4-12(17)14(9)16-8-11/h3,5-8,12,17H,2,4H2,1H3. The molecule has 0 radical (unpaired) electrons. The zero-order valence-corrected chi connectivity index (χ0v) is 10.1. The minimum atomic E-state index is -0.400. The lowest BCUT2D eigenvalue weighted by Crippen LogP contribution is -1.95. The molecule has 0 bridgehead atoms. The Balaban J connectivity index is 1.97. The van der Waals surface area contributed by atoms with Crippen LogP contribution in [0.5, 0.6) is 5.88 Å². The van der Waals surface area contributed by atoms with Crippen LogP contribution in [0.25, 0.3) is 11.1 Å². The van der Waals surface area contributed by atoms with E-state index in [4.69, 9.17) is 4.74 Å². The van der Waals surface area contributed by atoms with Crippen LogP contribution in [0.2, 0.25) is 0 Å². The van der Waals surface area contributed by atoms with E-state index in [1.165, 1.54) is 0 Å². The summed E-state index contributed by atoms with van der Waals surface area (Å²) in [5.74, 6) is 0.600. The summed E-state index contributed by atoms with van der Waals surface area (Å²) < 4.78 is 5.03. The third-order valence-electron chi connectivity index (χ3n) is 3.28. The minimum Gasteiger partial charge on any atom is -0.481 e. The minimum absolute atomic E-state index is 0.400. The van der Waals surface area contributed by atoms with Crippen molar-refractivity contribution in [1.29, 1.82) is 0 Å². The number of ether oxygens (including phenoxy) is 1. The second kappa shape index (κ2) is 4.38. The molecule has 4 heteroatoms. The smallest absolute Gasteiger partial charge is 0.212 e. The van der Waals surface area contributed by atoms with E-state index in [-0.39, 0.29) is 0 Å². The predicted molar refractivity (Wildman–Crippen MR) is 67.3 cm³/mol. The van der Waals surface area contributed by atoms with Gasteiger partial charge >= 0.3 is 0 Å². The summed E-state index contributed by atoms with van der Waals surface area (Å²) in [6.07, 6.45) is 4.82. The second-order valence-electron chi connectivity index (χ2n) is 4.41. The summed E-state index contributed by atoms with van der Waals surface area (Å²) in [4.78, 5) is 8.53. The van der Waals surface area contributed by atoms with Crippen molar-refractivity contribution in [1.82, 2.24) is 9.97 Å². The lowest BCUT2D eigenvalue weighted by Gasteiger charge is -2.06. The van der Waals surface area contributed by atoms with Crippen LogP contribution in [-0.2, 0) is 6.42 Å². The van der Waals surface area contributed by atoms with Gasteiger partial charge in [0, 0.05) is 29.6 Å². The molecule has 1 aliphatic carbocycles. The summed E-state index contributed by atoms with van der Waals surface area (Å²) in [7, 11) is 1.60. The Morgan fingerprint density at radius 1 is 1.22 bits per heavy atom. The van der Waals surface area contributed by atoms with Gasteiger partial charge in [0.1, 0.15) is 0 Å². The zero-order valence-electron chi connectivity index (χ0n) is 10.1. The zero-order chi connectivity index (χ0) is 12.5. The van der Waals surface area contributed by atoms with Gasteiger partial charge in [-0.15, -0.1) is 0 Å². The third-order valence-corrected chi connectivity index (χ3v) is 3.28. The Bertz CT molecular complexity index is 567. The van der Waals surface area contributed by atoms with Crippen molar-refractivity contribution in [2.75, 3.05) is 7.11 Å². The van der Waals surface area contributed by atoms with E-state index < -0.39 is 6.10 Å². The lowest BCUT2D eigenvalue weighted by atomic mass is 10.1. The van der Waals surface area contributed by atoms with E-state index in [0.29, 0.717) is 5.88 Å². The maximum atomic E-state index is 9.72. The normalized spacial score (nSPS) is 17.6. The molecule has 92 valence electrons. The van der Waals surface area contributed by atoms with Crippen molar-refractivity contribution in [3.63, 3.8) is 0 Å². The number of fused-ring (bicyclic) bond motifs is 1. The maximum absolute atomic E-state index is 9.72. The summed E-state index contributed by atoms with van der Waals surface area (Å²) in [5, 5.41) is 9.72. The van der Waals surface area contributed by atoms with Crippen molar-refractivity contribution in [2.45, 2.75) is 18.9 Å². The molecular formula is C14H14N2O2. The van der Waals surface area contributed by atoms with Crippen LogP contribution in [-0.4, -0.2) is 22.2 Å². The van der Waals surface area contributed by atoms with E-state index in [1.807, 2.05) is 12.1 Å². The quantitative estimate of drug-likeness (QED) is 0.876. The molecule has 3 rings (SSSR count). The number of rotatable bonds is 2. The van der Waals surface area contributed by atoms with Gasteiger partial charge in [-0.05, 0) is 30.5 Å². The predicted octanol–water partition coefficient (Wildman–Crippen LogP) is 2.13. The van der Waals surface area contributed by atoms with Crippen LogP contribution >= 0.6 is 0 Å². The highest BCUT2D eigenvalue weighted by molar-refractivity contribution is 5.63. The summed E-state index contributed by atoms with van der Waals surface area (Å²) in [6, 6.07) is 5.88. The molecule has 2 aromatic rings. The van der Waals surface area contributed by atoms with E-state index in [1.54, 1.807) is 19.5 Å². The third kappa shape index (κ3) is 1.84. The number of aliphatic hydroxyl groups is 1. The molecule has 0 amide bonds. The number of aryl methyl sites for hydroxylation is 1. The highest BCUT2D eigenvalue weighted by Gasteiger charge is 2.21. The van der Waals surface area contributed by atoms with Crippen LogP contribution in [0.3, 0.4) is 0 Å². The molecule has 0 saturated heterocycles. The molecule has 0 saturated carbocycles. The van der Waals surface area contributed by atoms with E-state index in [2.05, 4.69) is 16.0 Å². The highest BCUT2D eigenvalue weighted by Crippen LogP contribution is 2.32. The first-order valence-corrected chi connectivity index (χ1v) is 5.95. The molecule has 1 N–H and O–H groups in total. The van der Waals surface area contributed by atoms with Gasteiger partial charge in [-0.1, -0.05) is 0 Å². The molecule has 0 aliphatic heterocycles. The molecule has 0 fully saturated rings. The first-order valence-electron chi connectivity index (χ1n) is 5.95. The Kier molecular flexibility index (Phi) is 2.72. The van der Waals surface area contributed by atoms with Crippen molar-refractivity contribution in [3.8, 4) is 17.0 Å². The number of hydrogen-bond acceptors (Lipinski definition) is 4. The monoisotopic (exact) mass is 242 g/mol. The molecule has 2 aromatic heterocycles. The van der Waals surface area contributed by atoms with Crippen LogP contribution < -0.4 is 4.74 Å². The van der Waals surface area contributed by atoms with E-state index in [9.17, 15) is 5.11 Å². The Morgan fingerprint density at radius 2 is 2.06 bits per heavy atom. The number of aromatic nitrogens is 2. The SMILES string of the molecule is COc1ccc(-c2cnc3c(c2)CCC3O)cn1. The maximum Gasteiger partial charge on any atom is 0.212 e. The first kappa shape index (κ1) is 11.2. The van der Waals surface area contributed by atoms with Gasteiger partial charge in [-0.3, -0.25) is 4.98 Å². The van der Waals surface area contributed by atoms with Gasteiger partial charge in [0.15, 0.2) is 0 Å². The molecule has 18 heavy (non-hydrogen) atoms. The van der Waals surface area contributed by atoms with Crippen molar-refractivity contribution >= 4 is 0 Å². The first-order chi connectivity index (χ1) is 8.78. The number of aliphatic hydroxyl groups excluding tert-OH is 1. The average Bonchev–Trinajstić information content (AvgIpc) is 2.80. The molecule has 0 aromatic carbocycles. The van der Waals surface area contributed by atoms with Crippen molar-refractivity contribution in [2.24, 2.45) is 0 Å². The number of hydrogen-bond donors (Lipinski definition) is 1. The number of nitrogens with zero attached hydrogens (tertiary/aromatic N) is 2. The van der Waals surface area contributed by atoms with Crippen molar-refractivity contribution in [3.05, 3.63) is 41.9 Å². The lowest BCUT2D eigenvalue weighted by molar-refractivity contribution is 0.176. The van der Waals surface area contributed by atoms with Crippen LogP contribution in [0, 0.1) is 0 Å². The van der Waals surface area contributed by atoms with E-state index in [0.717, 1.165) is 35.2 Å². The Labute approximate surface area is 105 Å². The van der Waals surface area contributed by atoms with Crippen LogP contribution in [0.4, 0.5) is 0 Å². The van der Waals surface area contributed by atoms with Crippen LogP contribution in [0.15, 0.2) is 30.6 Å². The largest absolute Gasteiger partial charge is 0.481 e. The molecule has 2 heterocycles. The van der Waals surface area contributed by atoms with Gasteiger partial charge in [-0.2, -0.15) is 0 Å². The Morgan fingerprint density at radius 3 is 2.78 bits per heavy atom. The van der Waals surface area contributed by atoms with Gasteiger partial charge in [0.05, 0.1) is 18.9 Å². The summed E-state index contributed by atoms with van der Waals surface area (Å²) in [5.41, 5.74) is 3.99. The van der Waals surface area contributed by atoms with Crippen molar-refractivity contribution < 1.29 is 9.84 Å². The van der Waals surface area contributed by atoms with Crippen LogP contribution in [0.1, 0.15) is 23.8 Å². The fourth-order valence-corrected chi connectivity index (χ4v) is 2.28.